The molecule has 1 fully saturated rings. The molecule has 1 aromatic carbocycles. The fraction of sp³-hybridized carbons (Fsp3) is 0.167. The molecule has 166 valence electrons. The Balaban J connectivity index is 1.53. The lowest BCUT2D eigenvalue weighted by Gasteiger charge is -2.21. The zero-order chi connectivity index (χ0) is 23.4. The molecule has 1 unspecified atom stereocenters. The topological polar surface area (TPSA) is 144 Å². The summed E-state index contributed by atoms with van der Waals surface area (Å²) in [4.78, 5) is 56.0. The molecule has 4 rings (SSSR count). The monoisotopic (exact) mass is 443 g/mol. The summed E-state index contributed by atoms with van der Waals surface area (Å²) in [5.41, 5.74) is 8.81. The first kappa shape index (κ1) is 21.8. The quantitative estimate of drug-likeness (QED) is 0.491. The summed E-state index contributed by atoms with van der Waals surface area (Å²) in [6.45, 7) is 0. The average Bonchev–Trinajstić information content (AvgIpc) is 2.81. The number of hydrogen-bond acceptors (Lipinski definition) is 6. The normalized spacial score (nSPS) is 15.6. The van der Waals surface area contributed by atoms with E-state index in [4.69, 9.17) is 5.73 Å². The molecule has 3 heterocycles. The Morgan fingerprint density at radius 3 is 2.70 bits per heavy atom. The maximum absolute atomic E-state index is 12.6. The first-order valence-electron chi connectivity index (χ1n) is 10.4. The van der Waals surface area contributed by atoms with Crippen molar-refractivity contribution in [2.75, 3.05) is 0 Å². The predicted molar refractivity (Wildman–Crippen MR) is 119 cm³/mol. The molecule has 0 saturated carbocycles. The van der Waals surface area contributed by atoms with Crippen LogP contribution in [0, 0.1) is 0 Å². The number of imide groups is 1. The van der Waals surface area contributed by atoms with Gasteiger partial charge in [-0.25, -0.2) is 4.98 Å². The van der Waals surface area contributed by atoms with Crippen LogP contribution in [0.15, 0.2) is 60.8 Å². The SMILES string of the molecule is NC(=O)c1ncccc1Cc1cccc(-c2cccc(C(=O)NC3CCC(=O)NC3=O)n2)c1. The maximum atomic E-state index is 12.6. The molecular weight excluding hydrogens is 422 g/mol. The molecule has 0 spiro atoms. The fourth-order valence-electron chi connectivity index (χ4n) is 3.65. The highest BCUT2D eigenvalue weighted by atomic mass is 16.2. The molecule has 0 radical (unpaired) electrons. The smallest absolute Gasteiger partial charge is 0.270 e. The third-order valence-corrected chi connectivity index (χ3v) is 5.27. The Labute approximate surface area is 189 Å². The highest BCUT2D eigenvalue weighted by molar-refractivity contribution is 6.03. The fourth-order valence-corrected chi connectivity index (χ4v) is 3.65. The zero-order valence-corrected chi connectivity index (χ0v) is 17.6. The summed E-state index contributed by atoms with van der Waals surface area (Å²) in [6, 6.07) is 15.4. The highest BCUT2D eigenvalue weighted by Gasteiger charge is 2.28. The zero-order valence-electron chi connectivity index (χ0n) is 17.6. The molecule has 9 heteroatoms. The van der Waals surface area contributed by atoms with Crippen LogP contribution >= 0.6 is 0 Å². The molecule has 0 bridgehead atoms. The first-order valence-corrected chi connectivity index (χ1v) is 10.4. The largest absolute Gasteiger partial charge is 0.364 e. The minimum absolute atomic E-state index is 0.158. The predicted octanol–water partition coefficient (Wildman–Crippen LogP) is 1.37. The van der Waals surface area contributed by atoms with E-state index in [-0.39, 0.29) is 30.1 Å². The van der Waals surface area contributed by atoms with Crippen LogP contribution in [0.25, 0.3) is 11.3 Å². The van der Waals surface area contributed by atoms with Crippen molar-refractivity contribution in [2.45, 2.75) is 25.3 Å². The summed E-state index contributed by atoms with van der Waals surface area (Å²) in [5, 5.41) is 4.84. The Morgan fingerprint density at radius 2 is 1.91 bits per heavy atom. The van der Waals surface area contributed by atoms with Gasteiger partial charge in [0.15, 0.2) is 0 Å². The average molecular weight is 443 g/mol. The first-order chi connectivity index (χ1) is 15.9. The van der Waals surface area contributed by atoms with Gasteiger partial charge in [-0.15, -0.1) is 0 Å². The number of amides is 4. The molecule has 3 aromatic rings. The molecule has 0 aliphatic carbocycles. The number of pyridine rings is 2. The van der Waals surface area contributed by atoms with Crippen LogP contribution in [0.1, 0.15) is 44.9 Å². The standard InChI is InChI=1S/C24H21N5O4/c25-22(31)21-16(6-3-11-26-21)13-14-4-1-5-15(12-14)17-7-2-8-18(27-17)23(32)28-19-9-10-20(30)29-24(19)33/h1-8,11-12,19H,9-10,13H2,(H2,25,31)(H,28,32)(H,29,30,33). The lowest BCUT2D eigenvalue weighted by atomic mass is 10.00. The second kappa shape index (κ2) is 9.39. The number of aromatic nitrogens is 2. The number of nitrogens with two attached hydrogens (primary N) is 1. The number of hydrogen-bond donors (Lipinski definition) is 3. The van der Waals surface area contributed by atoms with Crippen molar-refractivity contribution in [1.29, 1.82) is 0 Å². The van der Waals surface area contributed by atoms with Gasteiger partial charge in [-0.05, 0) is 48.2 Å². The van der Waals surface area contributed by atoms with Crippen LogP contribution in [0.4, 0.5) is 0 Å². The van der Waals surface area contributed by atoms with E-state index < -0.39 is 23.8 Å². The van der Waals surface area contributed by atoms with E-state index in [1.165, 1.54) is 6.20 Å². The van der Waals surface area contributed by atoms with Gasteiger partial charge in [0.25, 0.3) is 11.8 Å². The van der Waals surface area contributed by atoms with Gasteiger partial charge >= 0.3 is 0 Å². The van der Waals surface area contributed by atoms with Crippen LogP contribution in [0.3, 0.4) is 0 Å². The van der Waals surface area contributed by atoms with E-state index in [0.29, 0.717) is 17.7 Å². The number of piperidine rings is 1. The van der Waals surface area contributed by atoms with E-state index in [1.54, 1.807) is 30.3 Å². The molecule has 1 atom stereocenters. The van der Waals surface area contributed by atoms with Gasteiger partial charge in [0, 0.05) is 18.2 Å². The van der Waals surface area contributed by atoms with Gasteiger partial charge in [-0.2, -0.15) is 0 Å². The van der Waals surface area contributed by atoms with Crippen molar-refractivity contribution in [1.82, 2.24) is 20.6 Å². The summed E-state index contributed by atoms with van der Waals surface area (Å²) in [7, 11) is 0. The molecule has 1 aliphatic rings. The molecule has 1 saturated heterocycles. The van der Waals surface area contributed by atoms with Crippen molar-refractivity contribution < 1.29 is 19.2 Å². The molecular formula is C24H21N5O4. The van der Waals surface area contributed by atoms with Crippen molar-refractivity contribution >= 4 is 23.6 Å². The minimum atomic E-state index is -0.775. The van der Waals surface area contributed by atoms with Gasteiger partial charge in [-0.3, -0.25) is 29.5 Å². The number of rotatable bonds is 6. The van der Waals surface area contributed by atoms with Crippen LogP contribution in [0.2, 0.25) is 0 Å². The Kier molecular flexibility index (Phi) is 6.21. The number of primary amides is 1. The van der Waals surface area contributed by atoms with E-state index in [2.05, 4.69) is 20.6 Å². The number of carbonyl (C=O) groups is 4. The van der Waals surface area contributed by atoms with Crippen LogP contribution in [0.5, 0.6) is 0 Å². The van der Waals surface area contributed by atoms with Crippen LogP contribution < -0.4 is 16.4 Å². The number of benzene rings is 1. The molecule has 1 aliphatic heterocycles. The Hall–Kier alpha value is -4.40. The Morgan fingerprint density at radius 1 is 1.09 bits per heavy atom. The van der Waals surface area contributed by atoms with E-state index in [1.807, 2.05) is 24.3 Å². The maximum Gasteiger partial charge on any atom is 0.270 e. The molecule has 4 amide bonds. The van der Waals surface area contributed by atoms with Crippen LogP contribution in [-0.4, -0.2) is 39.6 Å². The second-order valence-corrected chi connectivity index (χ2v) is 7.64. The third-order valence-electron chi connectivity index (χ3n) is 5.27. The van der Waals surface area contributed by atoms with Gasteiger partial charge in [0.1, 0.15) is 17.4 Å². The van der Waals surface area contributed by atoms with Crippen LogP contribution in [-0.2, 0) is 16.0 Å². The molecule has 2 aromatic heterocycles. The Bertz CT molecular complexity index is 1260. The van der Waals surface area contributed by atoms with Crippen molar-refractivity contribution in [3.05, 3.63) is 83.3 Å². The van der Waals surface area contributed by atoms with Crippen molar-refractivity contribution in [3.63, 3.8) is 0 Å². The van der Waals surface area contributed by atoms with E-state index in [0.717, 1.165) is 11.1 Å². The van der Waals surface area contributed by atoms with Gasteiger partial charge in [0.05, 0.1) is 5.69 Å². The summed E-state index contributed by atoms with van der Waals surface area (Å²) in [5.74, 6) is -1.95. The molecule has 9 nitrogen and oxygen atoms in total. The summed E-state index contributed by atoms with van der Waals surface area (Å²) in [6.07, 6.45) is 2.40. The van der Waals surface area contributed by atoms with Gasteiger partial charge < -0.3 is 11.1 Å². The summed E-state index contributed by atoms with van der Waals surface area (Å²) < 4.78 is 0. The highest BCUT2D eigenvalue weighted by Crippen LogP contribution is 2.21. The van der Waals surface area contributed by atoms with Crippen molar-refractivity contribution in [2.24, 2.45) is 5.73 Å². The second-order valence-electron chi connectivity index (χ2n) is 7.64. The van der Waals surface area contributed by atoms with E-state index >= 15 is 0 Å². The van der Waals surface area contributed by atoms with Crippen molar-refractivity contribution in [3.8, 4) is 11.3 Å². The van der Waals surface area contributed by atoms with Gasteiger partial charge in [-0.1, -0.05) is 30.3 Å². The number of nitrogens with zero attached hydrogens (tertiary/aromatic N) is 2. The van der Waals surface area contributed by atoms with E-state index in [9.17, 15) is 19.2 Å². The lowest BCUT2D eigenvalue weighted by Crippen LogP contribution is -2.52. The molecule has 4 N–H and O–H groups in total. The summed E-state index contributed by atoms with van der Waals surface area (Å²) >= 11 is 0. The number of carbonyl (C=O) groups excluding carboxylic acids is 4. The van der Waals surface area contributed by atoms with Gasteiger partial charge in [0.2, 0.25) is 11.8 Å². The number of nitrogens with one attached hydrogen (secondary N) is 2. The minimum Gasteiger partial charge on any atom is -0.364 e. The lowest BCUT2D eigenvalue weighted by molar-refractivity contribution is -0.134. The third kappa shape index (κ3) is 5.09. The molecule has 33 heavy (non-hydrogen) atoms.